The standard InChI is InChI=1S/C23H29ClN4O3S/c1-5-28(6-2)32(30,31)19-10-11-21-20(15-19)25-22(27(21)4)12-13-23(29)26(3)16-17-8-7-9-18(24)14-17/h7-11,14-15H,5-6,12-13,16H2,1-4H3. The molecule has 0 N–H and O–H groups in total. The normalized spacial score (nSPS) is 11.9. The Bertz CT molecular complexity index is 1220. The lowest BCUT2D eigenvalue weighted by Crippen LogP contribution is -2.30. The van der Waals surface area contributed by atoms with Crippen LogP contribution in [-0.4, -0.2) is 53.2 Å². The highest BCUT2D eigenvalue weighted by molar-refractivity contribution is 7.89. The minimum absolute atomic E-state index is 0.00170. The molecule has 3 rings (SSSR count). The van der Waals surface area contributed by atoms with Gasteiger partial charge in [-0.2, -0.15) is 4.31 Å². The van der Waals surface area contributed by atoms with Gasteiger partial charge in [-0.3, -0.25) is 4.79 Å². The predicted molar refractivity (Wildman–Crippen MR) is 127 cm³/mol. The number of fused-ring (bicyclic) bond motifs is 1. The Labute approximate surface area is 194 Å². The van der Waals surface area contributed by atoms with E-state index in [0.29, 0.717) is 43.0 Å². The molecule has 172 valence electrons. The number of amides is 1. The number of hydrogen-bond donors (Lipinski definition) is 0. The summed E-state index contributed by atoms with van der Waals surface area (Å²) in [6, 6.07) is 12.5. The van der Waals surface area contributed by atoms with E-state index in [-0.39, 0.29) is 10.8 Å². The second kappa shape index (κ2) is 10.0. The molecule has 9 heteroatoms. The van der Waals surface area contributed by atoms with Crippen LogP contribution in [0, 0.1) is 0 Å². The maximum absolute atomic E-state index is 12.8. The second-order valence-corrected chi connectivity index (χ2v) is 10.1. The molecule has 0 aliphatic heterocycles. The molecule has 0 radical (unpaired) electrons. The lowest BCUT2D eigenvalue weighted by atomic mass is 10.2. The zero-order valence-corrected chi connectivity index (χ0v) is 20.4. The highest BCUT2D eigenvalue weighted by Gasteiger charge is 2.23. The fourth-order valence-electron chi connectivity index (χ4n) is 3.73. The molecule has 0 atom stereocenters. The van der Waals surface area contributed by atoms with Crippen LogP contribution in [0.3, 0.4) is 0 Å². The lowest BCUT2D eigenvalue weighted by molar-refractivity contribution is -0.130. The van der Waals surface area contributed by atoms with Gasteiger partial charge in [-0.25, -0.2) is 13.4 Å². The minimum Gasteiger partial charge on any atom is -0.341 e. The van der Waals surface area contributed by atoms with E-state index in [1.54, 1.807) is 36.2 Å². The molecule has 0 saturated heterocycles. The van der Waals surface area contributed by atoms with Gasteiger partial charge in [0.15, 0.2) is 0 Å². The summed E-state index contributed by atoms with van der Waals surface area (Å²) < 4.78 is 29.0. The first-order valence-corrected chi connectivity index (χ1v) is 12.4. The number of halogens is 1. The number of nitrogens with zero attached hydrogens (tertiary/aromatic N) is 4. The molecule has 0 aliphatic rings. The van der Waals surface area contributed by atoms with Crippen molar-refractivity contribution in [1.82, 2.24) is 18.8 Å². The first kappa shape index (κ1) is 24.2. The minimum atomic E-state index is -3.55. The summed E-state index contributed by atoms with van der Waals surface area (Å²) in [5.41, 5.74) is 2.41. The number of imidazole rings is 1. The van der Waals surface area contributed by atoms with Gasteiger partial charge in [-0.15, -0.1) is 0 Å². The van der Waals surface area contributed by atoms with Crippen LogP contribution in [0.1, 0.15) is 31.7 Å². The maximum Gasteiger partial charge on any atom is 0.243 e. The molecule has 2 aromatic carbocycles. The summed E-state index contributed by atoms with van der Waals surface area (Å²) in [5.74, 6) is 0.740. The average Bonchev–Trinajstić information content (AvgIpc) is 3.07. The Kier molecular flexibility index (Phi) is 7.59. The van der Waals surface area contributed by atoms with E-state index in [2.05, 4.69) is 4.98 Å². The van der Waals surface area contributed by atoms with E-state index in [9.17, 15) is 13.2 Å². The van der Waals surface area contributed by atoms with Crippen molar-refractivity contribution in [3.63, 3.8) is 0 Å². The number of aryl methyl sites for hydroxylation is 2. The van der Waals surface area contributed by atoms with Crippen molar-refractivity contribution >= 4 is 38.6 Å². The predicted octanol–water partition coefficient (Wildman–Crippen LogP) is 3.85. The van der Waals surface area contributed by atoms with E-state index in [4.69, 9.17) is 11.6 Å². The molecule has 0 fully saturated rings. The molecule has 1 amide bonds. The second-order valence-electron chi connectivity index (χ2n) is 7.71. The number of sulfonamides is 1. The summed E-state index contributed by atoms with van der Waals surface area (Å²) in [4.78, 5) is 19.1. The van der Waals surface area contributed by atoms with Crippen LogP contribution in [-0.2, 0) is 34.8 Å². The monoisotopic (exact) mass is 476 g/mol. The molecule has 0 unspecified atom stereocenters. The van der Waals surface area contributed by atoms with Gasteiger partial charge in [-0.1, -0.05) is 37.6 Å². The SMILES string of the molecule is CCN(CC)S(=O)(=O)c1ccc2c(c1)nc(CCC(=O)N(C)Cc1cccc(Cl)c1)n2C. The van der Waals surface area contributed by atoms with Crippen LogP contribution >= 0.6 is 11.6 Å². The lowest BCUT2D eigenvalue weighted by Gasteiger charge is -2.18. The number of hydrogen-bond acceptors (Lipinski definition) is 4. The zero-order valence-electron chi connectivity index (χ0n) is 18.9. The Morgan fingerprint density at radius 2 is 1.84 bits per heavy atom. The number of rotatable bonds is 9. The largest absolute Gasteiger partial charge is 0.341 e. The van der Waals surface area contributed by atoms with Crippen LogP contribution < -0.4 is 0 Å². The molecule has 0 spiro atoms. The van der Waals surface area contributed by atoms with Gasteiger partial charge in [0.1, 0.15) is 5.82 Å². The number of carbonyl (C=O) groups excluding carboxylic acids is 1. The van der Waals surface area contributed by atoms with Crippen LogP contribution in [0.15, 0.2) is 47.4 Å². The third kappa shape index (κ3) is 5.14. The Hall–Kier alpha value is -2.42. The topological polar surface area (TPSA) is 75.5 Å². The number of aromatic nitrogens is 2. The quantitative estimate of drug-likeness (QED) is 0.470. The fourth-order valence-corrected chi connectivity index (χ4v) is 5.42. The maximum atomic E-state index is 12.8. The molecular formula is C23H29ClN4O3S. The molecule has 32 heavy (non-hydrogen) atoms. The third-order valence-corrected chi connectivity index (χ3v) is 7.87. The third-order valence-electron chi connectivity index (χ3n) is 5.59. The molecular weight excluding hydrogens is 448 g/mol. The van der Waals surface area contributed by atoms with E-state index in [1.807, 2.05) is 43.7 Å². The molecule has 1 heterocycles. The highest BCUT2D eigenvalue weighted by atomic mass is 35.5. The van der Waals surface area contributed by atoms with Crippen molar-refractivity contribution in [1.29, 1.82) is 0 Å². The van der Waals surface area contributed by atoms with Crippen molar-refractivity contribution in [2.75, 3.05) is 20.1 Å². The van der Waals surface area contributed by atoms with Crippen molar-refractivity contribution in [2.45, 2.75) is 38.1 Å². The van der Waals surface area contributed by atoms with Crippen molar-refractivity contribution < 1.29 is 13.2 Å². The molecule has 7 nitrogen and oxygen atoms in total. The van der Waals surface area contributed by atoms with E-state index in [0.717, 1.165) is 16.9 Å². The van der Waals surface area contributed by atoms with Crippen LogP contribution in [0.5, 0.6) is 0 Å². The van der Waals surface area contributed by atoms with E-state index >= 15 is 0 Å². The van der Waals surface area contributed by atoms with Gasteiger partial charge in [0.05, 0.1) is 15.9 Å². The Balaban J connectivity index is 1.74. The summed E-state index contributed by atoms with van der Waals surface area (Å²) >= 11 is 6.02. The molecule has 1 aromatic heterocycles. The van der Waals surface area contributed by atoms with Gasteiger partial charge in [0.25, 0.3) is 0 Å². The van der Waals surface area contributed by atoms with Gasteiger partial charge in [0.2, 0.25) is 15.9 Å². The molecule has 3 aromatic rings. The molecule has 0 saturated carbocycles. The summed E-state index contributed by atoms with van der Waals surface area (Å²) in [6.45, 7) is 4.94. The van der Waals surface area contributed by atoms with E-state index < -0.39 is 10.0 Å². The number of benzene rings is 2. The van der Waals surface area contributed by atoms with Crippen LogP contribution in [0.4, 0.5) is 0 Å². The van der Waals surface area contributed by atoms with Crippen LogP contribution in [0.2, 0.25) is 5.02 Å². The van der Waals surface area contributed by atoms with Crippen molar-refractivity contribution in [3.05, 3.63) is 58.9 Å². The summed E-state index contributed by atoms with van der Waals surface area (Å²) in [7, 11) is 0.0926. The van der Waals surface area contributed by atoms with E-state index in [1.165, 1.54) is 4.31 Å². The first-order chi connectivity index (χ1) is 15.2. The molecule has 0 bridgehead atoms. The van der Waals surface area contributed by atoms with Gasteiger partial charge < -0.3 is 9.47 Å². The van der Waals surface area contributed by atoms with Gasteiger partial charge in [-0.05, 0) is 35.9 Å². The van der Waals surface area contributed by atoms with Crippen LogP contribution in [0.25, 0.3) is 11.0 Å². The average molecular weight is 477 g/mol. The van der Waals surface area contributed by atoms with Gasteiger partial charge in [0, 0.05) is 51.6 Å². The Morgan fingerprint density at radius 1 is 1.12 bits per heavy atom. The fraction of sp³-hybridized carbons (Fsp3) is 0.391. The summed E-state index contributed by atoms with van der Waals surface area (Å²) in [5, 5.41) is 0.644. The smallest absolute Gasteiger partial charge is 0.243 e. The van der Waals surface area contributed by atoms with Crippen molar-refractivity contribution in [3.8, 4) is 0 Å². The zero-order chi connectivity index (χ0) is 23.5. The summed E-state index contributed by atoms with van der Waals surface area (Å²) in [6.07, 6.45) is 0.765. The van der Waals surface area contributed by atoms with Crippen molar-refractivity contribution in [2.24, 2.45) is 7.05 Å². The highest BCUT2D eigenvalue weighted by Crippen LogP contribution is 2.23. The Morgan fingerprint density at radius 3 is 2.50 bits per heavy atom. The number of carbonyl (C=O) groups is 1. The van der Waals surface area contributed by atoms with Gasteiger partial charge >= 0.3 is 0 Å². The molecule has 0 aliphatic carbocycles. The first-order valence-electron chi connectivity index (χ1n) is 10.6.